The Morgan fingerprint density at radius 2 is 1.84 bits per heavy atom. The lowest BCUT2D eigenvalue weighted by Gasteiger charge is -2.04. The van der Waals surface area contributed by atoms with Crippen molar-refractivity contribution in [2.45, 2.75) is 19.4 Å². The molecule has 114 valence electrons. The van der Waals surface area contributed by atoms with Crippen LogP contribution in [-0.4, -0.2) is 55.7 Å². The maximum Gasteiger partial charge on any atom is 0.466 e. The molecule has 19 heavy (non-hydrogen) atoms. The molecule has 9 nitrogen and oxygen atoms in total. The van der Waals surface area contributed by atoms with Gasteiger partial charge in [-0.1, -0.05) is 0 Å². The molecule has 11 heteroatoms. The molecule has 0 spiro atoms. The molecule has 0 aromatic carbocycles. The fourth-order valence-corrected chi connectivity index (χ4v) is 1.57. The number of amidine groups is 1. The number of aliphatic imine (C=N–C) groups is 1. The van der Waals surface area contributed by atoms with Crippen molar-refractivity contribution in [1.29, 1.82) is 0 Å². The van der Waals surface area contributed by atoms with E-state index in [1.807, 2.05) is 0 Å². The SMILES string of the molecule is CC(N)=NCCSCC[C@H](N)C(=O)O.O=P(O)(O)O. The van der Waals surface area contributed by atoms with E-state index >= 15 is 0 Å². The third-order valence-electron chi connectivity index (χ3n) is 1.49. The Hall–Kier alpha value is -0.640. The minimum Gasteiger partial charge on any atom is -0.480 e. The first-order valence-corrected chi connectivity index (χ1v) is 7.87. The standard InChI is InChI=1S/C8H17N3O2S.H3O4P/c1-6(9)11-3-5-14-4-2-7(10)8(12)13;1-5(2,3)4/h7H,2-5,10H2,1H3,(H2,9,11)(H,12,13);(H3,1,2,3,4)/t7-;/m0./s1. The highest BCUT2D eigenvalue weighted by Crippen LogP contribution is 2.25. The molecule has 0 aromatic rings. The molecular formula is C8H20N3O6PS. The Morgan fingerprint density at radius 3 is 2.21 bits per heavy atom. The van der Waals surface area contributed by atoms with Crippen molar-refractivity contribution in [3.8, 4) is 0 Å². The number of thioether (sulfide) groups is 1. The molecule has 0 unspecified atom stereocenters. The predicted octanol–water partition coefficient (Wildman–Crippen LogP) is -1.03. The lowest BCUT2D eigenvalue weighted by Crippen LogP contribution is -2.30. The van der Waals surface area contributed by atoms with E-state index in [4.69, 9.17) is 35.8 Å². The summed E-state index contributed by atoms with van der Waals surface area (Å²) in [4.78, 5) is 35.9. The fourth-order valence-electron chi connectivity index (χ4n) is 0.722. The number of aliphatic carboxylic acids is 1. The lowest BCUT2D eigenvalue weighted by atomic mass is 10.2. The zero-order valence-electron chi connectivity index (χ0n) is 10.5. The highest BCUT2D eigenvalue weighted by Gasteiger charge is 2.09. The van der Waals surface area contributed by atoms with Gasteiger partial charge in [0.15, 0.2) is 0 Å². The van der Waals surface area contributed by atoms with Gasteiger partial charge in [0.25, 0.3) is 0 Å². The number of carbonyl (C=O) groups is 1. The number of phosphoric acid groups is 1. The molecule has 0 rings (SSSR count). The van der Waals surface area contributed by atoms with Crippen LogP contribution in [0.25, 0.3) is 0 Å². The molecule has 0 aliphatic rings. The number of hydrogen-bond acceptors (Lipinski definition) is 5. The Morgan fingerprint density at radius 1 is 1.37 bits per heavy atom. The quantitative estimate of drug-likeness (QED) is 0.148. The van der Waals surface area contributed by atoms with E-state index in [1.165, 1.54) is 0 Å². The summed E-state index contributed by atoms with van der Waals surface area (Å²) in [7, 11) is -4.64. The zero-order valence-corrected chi connectivity index (χ0v) is 12.2. The molecular weight excluding hydrogens is 297 g/mol. The van der Waals surface area contributed by atoms with Gasteiger partial charge in [0, 0.05) is 12.3 Å². The summed E-state index contributed by atoms with van der Waals surface area (Å²) >= 11 is 1.63. The van der Waals surface area contributed by atoms with Crippen LogP contribution < -0.4 is 11.5 Å². The predicted molar refractivity (Wildman–Crippen MR) is 74.0 cm³/mol. The van der Waals surface area contributed by atoms with Gasteiger partial charge in [0.1, 0.15) is 6.04 Å². The number of nitrogens with two attached hydrogens (primary N) is 2. The number of carboxylic acids is 1. The van der Waals surface area contributed by atoms with E-state index in [0.29, 0.717) is 18.8 Å². The van der Waals surface area contributed by atoms with Crippen molar-refractivity contribution in [2.24, 2.45) is 16.5 Å². The van der Waals surface area contributed by atoms with Gasteiger partial charge in [-0.25, -0.2) is 4.57 Å². The van der Waals surface area contributed by atoms with Gasteiger partial charge in [-0.15, -0.1) is 0 Å². The maximum absolute atomic E-state index is 10.3. The molecule has 0 aliphatic heterocycles. The Bertz CT molecular complexity index is 322. The second-order valence-electron chi connectivity index (χ2n) is 3.38. The summed E-state index contributed by atoms with van der Waals surface area (Å²) in [5.41, 5.74) is 10.7. The zero-order chi connectivity index (χ0) is 15.5. The van der Waals surface area contributed by atoms with Crippen LogP contribution in [0.5, 0.6) is 0 Å². The van der Waals surface area contributed by atoms with Crippen LogP contribution in [0.4, 0.5) is 0 Å². The summed E-state index contributed by atoms with van der Waals surface area (Å²) in [6, 6.07) is -0.748. The molecule has 0 bridgehead atoms. The van der Waals surface area contributed by atoms with Crippen LogP contribution >= 0.6 is 19.6 Å². The molecule has 0 radical (unpaired) electrons. The number of nitrogens with zero attached hydrogens (tertiary/aromatic N) is 1. The van der Waals surface area contributed by atoms with Crippen molar-refractivity contribution in [3.63, 3.8) is 0 Å². The van der Waals surface area contributed by atoms with Gasteiger partial charge in [-0.3, -0.25) is 9.79 Å². The van der Waals surface area contributed by atoms with E-state index in [9.17, 15) is 4.79 Å². The van der Waals surface area contributed by atoms with Crippen molar-refractivity contribution in [3.05, 3.63) is 0 Å². The summed E-state index contributed by atoms with van der Waals surface area (Å²) < 4.78 is 8.88. The van der Waals surface area contributed by atoms with Gasteiger partial charge in [-0.05, 0) is 19.1 Å². The van der Waals surface area contributed by atoms with Crippen LogP contribution in [0.3, 0.4) is 0 Å². The van der Waals surface area contributed by atoms with Crippen LogP contribution in [0.1, 0.15) is 13.3 Å². The van der Waals surface area contributed by atoms with Crippen LogP contribution in [0.15, 0.2) is 4.99 Å². The molecule has 1 atom stereocenters. The molecule has 0 saturated carbocycles. The monoisotopic (exact) mass is 317 g/mol. The number of hydrogen-bond donors (Lipinski definition) is 6. The van der Waals surface area contributed by atoms with E-state index in [0.717, 1.165) is 11.5 Å². The first-order chi connectivity index (χ1) is 8.54. The first-order valence-electron chi connectivity index (χ1n) is 5.15. The summed E-state index contributed by atoms with van der Waals surface area (Å²) in [6.07, 6.45) is 0.491. The van der Waals surface area contributed by atoms with Crippen molar-refractivity contribution >= 4 is 31.4 Å². The van der Waals surface area contributed by atoms with Gasteiger partial charge in [0.2, 0.25) is 0 Å². The third-order valence-corrected chi connectivity index (χ3v) is 2.48. The van der Waals surface area contributed by atoms with Crippen LogP contribution in [-0.2, 0) is 9.36 Å². The average molecular weight is 317 g/mol. The molecule has 0 heterocycles. The Labute approximate surface area is 115 Å². The maximum atomic E-state index is 10.3. The lowest BCUT2D eigenvalue weighted by molar-refractivity contribution is -0.138. The summed E-state index contributed by atoms with van der Waals surface area (Å²) in [6.45, 7) is 2.42. The highest BCUT2D eigenvalue weighted by atomic mass is 32.2. The van der Waals surface area contributed by atoms with Crippen LogP contribution in [0.2, 0.25) is 0 Å². The van der Waals surface area contributed by atoms with E-state index in [1.54, 1.807) is 18.7 Å². The minimum absolute atomic E-state index is 0.491. The van der Waals surface area contributed by atoms with E-state index < -0.39 is 19.8 Å². The topological polar surface area (TPSA) is 179 Å². The molecule has 8 N–H and O–H groups in total. The molecule has 0 saturated heterocycles. The van der Waals surface area contributed by atoms with E-state index in [2.05, 4.69) is 4.99 Å². The number of carboxylic acid groups (broad SMARTS) is 1. The molecule has 0 aromatic heterocycles. The second kappa shape index (κ2) is 11.2. The Balaban J connectivity index is 0. The van der Waals surface area contributed by atoms with Gasteiger partial charge < -0.3 is 31.3 Å². The first kappa shape index (κ1) is 20.7. The van der Waals surface area contributed by atoms with Crippen molar-refractivity contribution in [2.75, 3.05) is 18.1 Å². The minimum atomic E-state index is -4.64. The largest absolute Gasteiger partial charge is 0.480 e. The van der Waals surface area contributed by atoms with Crippen LogP contribution in [0, 0.1) is 0 Å². The smallest absolute Gasteiger partial charge is 0.466 e. The highest BCUT2D eigenvalue weighted by molar-refractivity contribution is 7.99. The molecule has 0 amide bonds. The van der Waals surface area contributed by atoms with Crippen molar-refractivity contribution < 1.29 is 29.1 Å². The normalized spacial score (nSPS) is 13.4. The number of rotatable bonds is 7. The Kier molecular flexibility index (Phi) is 12.2. The van der Waals surface area contributed by atoms with Gasteiger partial charge in [0.05, 0.1) is 5.84 Å². The molecule has 0 fully saturated rings. The van der Waals surface area contributed by atoms with Crippen molar-refractivity contribution in [1.82, 2.24) is 0 Å². The summed E-state index contributed by atoms with van der Waals surface area (Å²) in [5, 5.41) is 8.48. The van der Waals surface area contributed by atoms with E-state index in [-0.39, 0.29) is 0 Å². The third kappa shape index (κ3) is 26.8. The fraction of sp³-hybridized carbons (Fsp3) is 0.750. The molecule has 0 aliphatic carbocycles. The van der Waals surface area contributed by atoms with Gasteiger partial charge in [-0.2, -0.15) is 11.8 Å². The van der Waals surface area contributed by atoms with Gasteiger partial charge >= 0.3 is 13.8 Å². The summed E-state index contributed by atoms with van der Waals surface area (Å²) in [5.74, 6) is 1.22. The second-order valence-corrected chi connectivity index (χ2v) is 5.63. The average Bonchev–Trinajstić information content (AvgIpc) is 2.19.